The zero-order valence-corrected chi connectivity index (χ0v) is 14.4. The van der Waals surface area contributed by atoms with Crippen molar-refractivity contribution in [3.8, 4) is 0 Å². The highest BCUT2D eigenvalue weighted by atomic mass is 32.2. The number of carbonyl (C=O) groups is 1. The molecule has 0 saturated carbocycles. The molecule has 22 heavy (non-hydrogen) atoms. The Morgan fingerprint density at radius 1 is 1.09 bits per heavy atom. The van der Waals surface area contributed by atoms with Crippen molar-refractivity contribution in [3.05, 3.63) is 29.8 Å². The minimum absolute atomic E-state index is 0.213. The molecular weight excluding hydrogens is 302 g/mol. The summed E-state index contributed by atoms with van der Waals surface area (Å²) in [5.74, 6) is -0.526. The lowest BCUT2D eigenvalue weighted by molar-refractivity contribution is -0.143. The number of nitrogens with zero attached hydrogens (tertiary/aromatic N) is 1. The highest BCUT2D eigenvalue weighted by Gasteiger charge is 2.26. The van der Waals surface area contributed by atoms with Gasteiger partial charge in [0.2, 0.25) is 10.0 Å². The molecule has 0 atom stereocenters. The Labute approximate surface area is 133 Å². The number of ether oxygens (including phenoxy) is 1. The van der Waals surface area contributed by atoms with Crippen LogP contribution in [0, 0.1) is 0 Å². The number of aryl methyl sites for hydroxylation is 1. The zero-order valence-electron chi connectivity index (χ0n) is 13.5. The van der Waals surface area contributed by atoms with Gasteiger partial charge in [0.15, 0.2) is 0 Å². The molecule has 5 nitrogen and oxygen atoms in total. The van der Waals surface area contributed by atoms with Crippen molar-refractivity contribution in [1.29, 1.82) is 0 Å². The lowest BCUT2D eigenvalue weighted by Gasteiger charge is -2.20. The fraction of sp³-hybridized carbons (Fsp3) is 0.562. The molecule has 0 spiro atoms. The molecule has 0 amide bonds. The van der Waals surface area contributed by atoms with Gasteiger partial charge in [-0.3, -0.25) is 4.79 Å². The minimum atomic E-state index is -3.68. The van der Waals surface area contributed by atoms with Crippen LogP contribution in [0.2, 0.25) is 0 Å². The normalized spacial score (nSPS) is 11.6. The summed E-state index contributed by atoms with van der Waals surface area (Å²) in [4.78, 5) is 11.8. The number of carbonyl (C=O) groups excluding carboxylic acids is 1. The van der Waals surface area contributed by atoms with Gasteiger partial charge in [-0.15, -0.1) is 0 Å². The van der Waals surface area contributed by atoms with Crippen LogP contribution < -0.4 is 0 Å². The van der Waals surface area contributed by atoms with Crippen molar-refractivity contribution in [2.75, 3.05) is 19.7 Å². The molecule has 0 saturated heterocycles. The van der Waals surface area contributed by atoms with E-state index in [-0.39, 0.29) is 24.6 Å². The lowest BCUT2D eigenvalue weighted by atomic mass is 10.1. The molecule has 0 bridgehead atoms. The van der Waals surface area contributed by atoms with Gasteiger partial charge >= 0.3 is 5.97 Å². The Morgan fingerprint density at radius 3 is 2.23 bits per heavy atom. The summed E-state index contributed by atoms with van der Waals surface area (Å²) >= 11 is 0. The van der Waals surface area contributed by atoms with E-state index in [4.69, 9.17) is 4.74 Å². The van der Waals surface area contributed by atoms with E-state index in [1.54, 1.807) is 19.1 Å². The van der Waals surface area contributed by atoms with E-state index >= 15 is 0 Å². The summed E-state index contributed by atoms with van der Waals surface area (Å²) in [5.41, 5.74) is 1.11. The van der Waals surface area contributed by atoms with Gasteiger partial charge in [-0.25, -0.2) is 8.42 Å². The summed E-state index contributed by atoms with van der Waals surface area (Å²) < 4.78 is 31.3. The van der Waals surface area contributed by atoms with E-state index in [1.165, 1.54) is 4.31 Å². The molecule has 0 aliphatic carbocycles. The molecule has 1 rings (SSSR count). The van der Waals surface area contributed by atoms with Crippen LogP contribution in [-0.2, 0) is 26.0 Å². The molecule has 0 heterocycles. The predicted octanol–water partition coefficient (Wildman–Crippen LogP) is 2.60. The monoisotopic (exact) mass is 327 g/mol. The quantitative estimate of drug-likeness (QED) is 0.654. The zero-order chi connectivity index (χ0) is 16.6. The van der Waals surface area contributed by atoms with Crippen LogP contribution in [0.3, 0.4) is 0 Å². The standard InChI is InChI=1S/C16H25NO4S/c1-4-7-14-8-10-15(11-9-14)22(19,20)17(12-5-2)13-16(18)21-6-3/h8-11H,4-7,12-13H2,1-3H3. The summed E-state index contributed by atoms with van der Waals surface area (Å²) in [6, 6.07) is 6.86. The molecule has 0 N–H and O–H groups in total. The largest absolute Gasteiger partial charge is 0.465 e. The molecular formula is C16H25NO4S. The summed E-state index contributed by atoms with van der Waals surface area (Å²) in [6.45, 7) is 5.93. The first-order valence-electron chi connectivity index (χ1n) is 7.70. The first-order chi connectivity index (χ1) is 10.5. The van der Waals surface area contributed by atoms with Gasteiger partial charge in [0.1, 0.15) is 6.54 Å². The fourth-order valence-electron chi connectivity index (χ4n) is 2.15. The van der Waals surface area contributed by atoms with Crippen LogP contribution in [0.5, 0.6) is 0 Å². The summed E-state index contributed by atoms with van der Waals surface area (Å²) in [7, 11) is -3.68. The molecule has 0 radical (unpaired) electrons. The van der Waals surface area contributed by atoms with E-state index < -0.39 is 16.0 Å². The smallest absolute Gasteiger partial charge is 0.321 e. The van der Waals surface area contributed by atoms with E-state index in [2.05, 4.69) is 6.92 Å². The minimum Gasteiger partial charge on any atom is -0.465 e. The van der Waals surface area contributed by atoms with Crippen LogP contribution in [0.1, 0.15) is 39.2 Å². The molecule has 6 heteroatoms. The Kier molecular flexibility index (Phi) is 7.55. The number of benzene rings is 1. The molecule has 1 aromatic carbocycles. The van der Waals surface area contributed by atoms with Crippen molar-refractivity contribution in [3.63, 3.8) is 0 Å². The Bertz CT molecular complexity index is 566. The fourth-order valence-corrected chi connectivity index (χ4v) is 3.63. The number of hydrogen-bond donors (Lipinski definition) is 0. The number of esters is 1. The van der Waals surface area contributed by atoms with Crippen LogP contribution in [0.15, 0.2) is 29.2 Å². The third-order valence-electron chi connectivity index (χ3n) is 3.18. The van der Waals surface area contributed by atoms with E-state index in [1.807, 2.05) is 19.1 Å². The van der Waals surface area contributed by atoms with Gasteiger partial charge in [0.05, 0.1) is 11.5 Å². The first-order valence-corrected chi connectivity index (χ1v) is 9.14. The SMILES string of the molecule is CCCc1ccc(S(=O)(=O)N(CCC)CC(=O)OCC)cc1. The second-order valence-corrected chi connectivity index (χ2v) is 6.98. The molecule has 0 aliphatic rings. The van der Waals surface area contributed by atoms with Gasteiger partial charge in [0.25, 0.3) is 0 Å². The first kappa shape index (κ1) is 18.6. The highest BCUT2D eigenvalue weighted by molar-refractivity contribution is 7.89. The van der Waals surface area contributed by atoms with Crippen molar-refractivity contribution < 1.29 is 17.9 Å². The van der Waals surface area contributed by atoms with Crippen molar-refractivity contribution in [2.24, 2.45) is 0 Å². The maximum Gasteiger partial charge on any atom is 0.321 e. The Balaban J connectivity index is 2.97. The van der Waals surface area contributed by atoms with Gasteiger partial charge in [-0.2, -0.15) is 4.31 Å². The van der Waals surface area contributed by atoms with Gasteiger partial charge in [0, 0.05) is 6.54 Å². The van der Waals surface area contributed by atoms with E-state index in [0.29, 0.717) is 6.42 Å². The maximum absolute atomic E-state index is 12.6. The summed E-state index contributed by atoms with van der Waals surface area (Å²) in [5, 5.41) is 0. The molecule has 124 valence electrons. The number of sulfonamides is 1. The Hall–Kier alpha value is -1.40. The number of rotatable bonds is 9. The molecule has 0 aliphatic heterocycles. The third kappa shape index (κ3) is 5.10. The van der Waals surface area contributed by atoms with Crippen molar-refractivity contribution in [2.45, 2.75) is 44.9 Å². The average Bonchev–Trinajstić information content (AvgIpc) is 2.48. The topological polar surface area (TPSA) is 63.7 Å². The maximum atomic E-state index is 12.6. The van der Waals surface area contributed by atoms with Gasteiger partial charge in [-0.1, -0.05) is 32.4 Å². The van der Waals surface area contributed by atoms with Crippen molar-refractivity contribution >= 4 is 16.0 Å². The Morgan fingerprint density at radius 2 is 1.73 bits per heavy atom. The van der Waals surface area contributed by atoms with Crippen molar-refractivity contribution in [1.82, 2.24) is 4.31 Å². The molecule has 0 fully saturated rings. The molecule has 1 aromatic rings. The molecule has 0 aromatic heterocycles. The second kappa shape index (κ2) is 8.90. The van der Waals surface area contributed by atoms with Gasteiger partial charge < -0.3 is 4.74 Å². The number of hydrogen-bond acceptors (Lipinski definition) is 4. The lowest BCUT2D eigenvalue weighted by Crippen LogP contribution is -2.37. The van der Waals surface area contributed by atoms with Crippen LogP contribution >= 0.6 is 0 Å². The predicted molar refractivity (Wildman–Crippen MR) is 86.1 cm³/mol. The van der Waals surface area contributed by atoms with E-state index in [0.717, 1.165) is 18.4 Å². The third-order valence-corrected chi connectivity index (χ3v) is 5.04. The average molecular weight is 327 g/mol. The van der Waals surface area contributed by atoms with Crippen LogP contribution in [0.25, 0.3) is 0 Å². The summed E-state index contributed by atoms with van der Waals surface area (Å²) in [6.07, 6.45) is 2.56. The van der Waals surface area contributed by atoms with Gasteiger partial charge in [-0.05, 0) is 37.5 Å². The second-order valence-electron chi connectivity index (χ2n) is 5.04. The van der Waals surface area contributed by atoms with E-state index in [9.17, 15) is 13.2 Å². The van der Waals surface area contributed by atoms with Crippen LogP contribution in [0.4, 0.5) is 0 Å². The van der Waals surface area contributed by atoms with Crippen LogP contribution in [-0.4, -0.2) is 38.4 Å². The highest BCUT2D eigenvalue weighted by Crippen LogP contribution is 2.17. The molecule has 0 unspecified atom stereocenters.